The van der Waals surface area contributed by atoms with Gasteiger partial charge in [-0.25, -0.2) is 4.79 Å². The van der Waals surface area contributed by atoms with E-state index < -0.39 is 29.9 Å². The molecule has 0 bridgehead atoms. The number of hydrogen-bond acceptors (Lipinski definition) is 7. The van der Waals surface area contributed by atoms with E-state index in [1.165, 1.54) is 6.08 Å². The van der Waals surface area contributed by atoms with Gasteiger partial charge in [-0.3, -0.25) is 0 Å². The van der Waals surface area contributed by atoms with Crippen LogP contribution < -0.4 is 14.8 Å². The molecule has 2 rings (SSSR count). The molecule has 35 heavy (non-hydrogen) atoms. The van der Waals surface area contributed by atoms with Crippen LogP contribution in [0.4, 0.5) is 4.79 Å². The molecule has 0 aliphatic carbocycles. The highest BCUT2D eigenvalue weighted by Crippen LogP contribution is 2.17. The Labute approximate surface area is 207 Å². The Morgan fingerprint density at radius 2 is 1.49 bits per heavy atom. The molecule has 8 heteroatoms. The minimum absolute atomic E-state index is 0.0729. The minimum atomic E-state index is -1.06. The van der Waals surface area contributed by atoms with Crippen molar-refractivity contribution in [1.29, 1.82) is 0 Å². The van der Waals surface area contributed by atoms with Gasteiger partial charge in [-0.1, -0.05) is 30.3 Å². The Morgan fingerprint density at radius 3 is 1.94 bits per heavy atom. The largest absolute Gasteiger partial charge is 0.497 e. The van der Waals surface area contributed by atoms with E-state index in [2.05, 4.69) is 11.9 Å². The molecule has 0 unspecified atom stereocenters. The molecule has 192 valence electrons. The number of amides is 1. The summed E-state index contributed by atoms with van der Waals surface area (Å²) in [5, 5.41) is 13.4. The SMILES string of the molecule is C=C[C@@H](O)[C@@H](OCc1ccc(OC)cc1)[C@@H](COCc1ccc(OC)cc1)NC(=O)OC(C)(C)C. The van der Waals surface area contributed by atoms with E-state index in [4.69, 9.17) is 23.7 Å². The third-order valence-corrected chi connectivity index (χ3v) is 5.00. The molecule has 0 saturated heterocycles. The summed E-state index contributed by atoms with van der Waals surface area (Å²) >= 11 is 0. The second kappa shape index (κ2) is 13.7. The van der Waals surface area contributed by atoms with Crippen LogP contribution in [0.2, 0.25) is 0 Å². The summed E-state index contributed by atoms with van der Waals surface area (Å²) in [7, 11) is 3.20. The van der Waals surface area contributed by atoms with Crippen LogP contribution in [-0.2, 0) is 27.4 Å². The van der Waals surface area contributed by atoms with E-state index in [9.17, 15) is 9.90 Å². The molecular weight excluding hydrogens is 450 g/mol. The van der Waals surface area contributed by atoms with Gasteiger partial charge in [0.15, 0.2) is 0 Å². The van der Waals surface area contributed by atoms with Crippen LogP contribution in [-0.4, -0.2) is 55.9 Å². The van der Waals surface area contributed by atoms with Crippen molar-refractivity contribution >= 4 is 6.09 Å². The number of aliphatic hydroxyl groups is 1. The van der Waals surface area contributed by atoms with Crippen LogP contribution in [0, 0.1) is 0 Å². The Morgan fingerprint density at radius 1 is 0.971 bits per heavy atom. The fraction of sp³-hybridized carbons (Fsp3) is 0.444. The molecule has 2 N–H and O–H groups in total. The van der Waals surface area contributed by atoms with Crippen LogP contribution in [0.5, 0.6) is 11.5 Å². The van der Waals surface area contributed by atoms with Crippen LogP contribution in [0.1, 0.15) is 31.9 Å². The van der Waals surface area contributed by atoms with Crippen LogP contribution in [0.3, 0.4) is 0 Å². The highest BCUT2D eigenvalue weighted by atomic mass is 16.6. The van der Waals surface area contributed by atoms with E-state index in [-0.39, 0.29) is 13.2 Å². The summed E-state index contributed by atoms with van der Waals surface area (Å²) in [5.74, 6) is 1.48. The Balaban J connectivity index is 2.13. The summed E-state index contributed by atoms with van der Waals surface area (Å²) in [6.07, 6.45) is -1.16. The number of alkyl carbamates (subject to hydrolysis) is 1. The van der Waals surface area contributed by atoms with Crippen molar-refractivity contribution in [2.45, 2.75) is 57.8 Å². The smallest absolute Gasteiger partial charge is 0.408 e. The zero-order valence-corrected chi connectivity index (χ0v) is 21.2. The predicted molar refractivity (Wildman–Crippen MR) is 134 cm³/mol. The molecule has 0 spiro atoms. The summed E-state index contributed by atoms with van der Waals surface area (Å²) in [5.41, 5.74) is 1.12. The average Bonchev–Trinajstić information content (AvgIpc) is 2.83. The maximum Gasteiger partial charge on any atom is 0.408 e. The molecule has 0 heterocycles. The van der Waals surface area contributed by atoms with Crippen molar-refractivity contribution in [1.82, 2.24) is 5.32 Å². The van der Waals surface area contributed by atoms with Crippen molar-refractivity contribution in [3.05, 3.63) is 72.3 Å². The number of aliphatic hydroxyl groups excluding tert-OH is 1. The number of nitrogens with one attached hydrogen (secondary N) is 1. The molecule has 1 amide bonds. The number of rotatable bonds is 13. The van der Waals surface area contributed by atoms with Gasteiger partial charge in [0.25, 0.3) is 0 Å². The Hall–Kier alpha value is -3.07. The molecule has 0 aliphatic heterocycles. The lowest BCUT2D eigenvalue weighted by atomic mass is 10.1. The quantitative estimate of drug-likeness (QED) is 0.408. The van der Waals surface area contributed by atoms with E-state index in [1.54, 1.807) is 35.0 Å². The second-order valence-corrected chi connectivity index (χ2v) is 8.97. The molecule has 0 aliphatic rings. The molecule has 0 saturated carbocycles. The van der Waals surface area contributed by atoms with E-state index in [1.807, 2.05) is 48.5 Å². The van der Waals surface area contributed by atoms with Gasteiger partial charge in [0, 0.05) is 0 Å². The zero-order valence-electron chi connectivity index (χ0n) is 21.2. The maximum atomic E-state index is 12.6. The summed E-state index contributed by atoms with van der Waals surface area (Å²) in [6, 6.07) is 14.2. The third-order valence-electron chi connectivity index (χ3n) is 5.00. The number of hydrogen-bond donors (Lipinski definition) is 2. The minimum Gasteiger partial charge on any atom is -0.497 e. The van der Waals surface area contributed by atoms with Gasteiger partial charge in [-0.2, -0.15) is 0 Å². The number of carbonyl (C=O) groups excluding carboxylic acids is 1. The highest BCUT2D eigenvalue weighted by Gasteiger charge is 2.31. The van der Waals surface area contributed by atoms with Crippen molar-refractivity contribution in [3.8, 4) is 11.5 Å². The lowest BCUT2D eigenvalue weighted by molar-refractivity contribution is -0.0661. The fourth-order valence-electron chi connectivity index (χ4n) is 3.20. The Bertz CT molecular complexity index is 907. The molecule has 3 atom stereocenters. The first-order chi connectivity index (χ1) is 16.6. The lowest BCUT2D eigenvalue weighted by Crippen LogP contribution is -2.52. The van der Waals surface area contributed by atoms with Gasteiger partial charge >= 0.3 is 6.09 Å². The van der Waals surface area contributed by atoms with Crippen LogP contribution in [0.15, 0.2) is 61.2 Å². The number of methoxy groups -OCH3 is 2. The number of ether oxygens (including phenoxy) is 5. The normalized spacial score (nSPS) is 13.9. The second-order valence-electron chi connectivity index (χ2n) is 8.97. The van der Waals surface area contributed by atoms with E-state index in [0.717, 1.165) is 22.6 Å². The molecular formula is C27H37NO7. The van der Waals surface area contributed by atoms with Gasteiger partial charge in [0.05, 0.1) is 40.1 Å². The predicted octanol–water partition coefficient (Wildman–Crippen LogP) is 4.25. The van der Waals surface area contributed by atoms with Crippen molar-refractivity contribution in [2.24, 2.45) is 0 Å². The summed E-state index contributed by atoms with van der Waals surface area (Å²) in [4.78, 5) is 12.6. The molecule has 0 fully saturated rings. The third kappa shape index (κ3) is 9.98. The van der Waals surface area contributed by atoms with Crippen molar-refractivity contribution in [3.63, 3.8) is 0 Å². The van der Waals surface area contributed by atoms with E-state index in [0.29, 0.717) is 6.61 Å². The zero-order chi connectivity index (χ0) is 25.8. The monoisotopic (exact) mass is 487 g/mol. The van der Waals surface area contributed by atoms with Gasteiger partial charge in [0.1, 0.15) is 29.3 Å². The molecule has 2 aromatic rings. The van der Waals surface area contributed by atoms with Gasteiger partial charge in [0.2, 0.25) is 0 Å². The molecule has 8 nitrogen and oxygen atoms in total. The van der Waals surface area contributed by atoms with Crippen molar-refractivity contribution in [2.75, 3.05) is 20.8 Å². The van der Waals surface area contributed by atoms with Gasteiger partial charge < -0.3 is 34.1 Å². The number of carbonyl (C=O) groups is 1. The van der Waals surface area contributed by atoms with Gasteiger partial charge in [-0.15, -0.1) is 6.58 Å². The first kappa shape index (κ1) is 28.2. The highest BCUT2D eigenvalue weighted by molar-refractivity contribution is 5.68. The van der Waals surface area contributed by atoms with Gasteiger partial charge in [-0.05, 0) is 56.2 Å². The topological polar surface area (TPSA) is 95.5 Å². The maximum absolute atomic E-state index is 12.6. The van der Waals surface area contributed by atoms with Crippen molar-refractivity contribution < 1.29 is 33.6 Å². The molecule has 0 radical (unpaired) electrons. The summed E-state index contributed by atoms with van der Waals surface area (Å²) < 4.78 is 27.7. The van der Waals surface area contributed by atoms with E-state index >= 15 is 0 Å². The fourth-order valence-corrected chi connectivity index (χ4v) is 3.20. The lowest BCUT2D eigenvalue weighted by Gasteiger charge is -2.31. The molecule has 0 aromatic heterocycles. The van der Waals surface area contributed by atoms with Crippen LogP contribution in [0.25, 0.3) is 0 Å². The molecule has 2 aromatic carbocycles. The first-order valence-electron chi connectivity index (χ1n) is 11.4. The Kier molecular flexibility index (Phi) is 11.0. The summed E-state index contributed by atoms with van der Waals surface area (Å²) in [6.45, 7) is 9.58. The average molecular weight is 488 g/mol. The standard InChI is InChI=1S/C27H37NO7/c1-7-24(29)25(34-17-20-10-14-22(32-6)15-11-20)23(28-26(30)35-27(2,3)4)18-33-16-19-8-12-21(31-5)13-9-19/h7-15,23-25,29H,1,16-18H2,2-6H3,(H,28,30)/t23-,24-,25+/m1/s1. The first-order valence-corrected chi connectivity index (χ1v) is 11.4. The van der Waals surface area contributed by atoms with Crippen LogP contribution >= 0.6 is 0 Å². The number of benzene rings is 2.